The highest BCUT2D eigenvalue weighted by molar-refractivity contribution is 7.93. The average Bonchev–Trinajstić information content (AvgIpc) is 2.39. The molecule has 2 unspecified atom stereocenters. The Labute approximate surface area is 105 Å². The highest BCUT2D eigenvalue weighted by Crippen LogP contribution is 2.44. The van der Waals surface area contributed by atoms with E-state index in [0.717, 1.165) is 32.1 Å². The third-order valence-electron chi connectivity index (χ3n) is 4.38. The zero-order chi connectivity index (χ0) is 12.7. The average molecular weight is 260 g/mol. The Morgan fingerprint density at radius 3 is 2.24 bits per heavy atom. The van der Waals surface area contributed by atoms with Gasteiger partial charge in [0.05, 0.1) is 16.1 Å². The summed E-state index contributed by atoms with van der Waals surface area (Å²) in [4.78, 5) is 0. The lowest BCUT2D eigenvalue weighted by molar-refractivity contribution is 0.0103. The molecule has 2 aliphatic rings. The van der Waals surface area contributed by atoms with E-state index in [9.17, 15) is 13.5 Å². The predicted octanol–water partition coefficient (Wildman–Crippen LogP) is 2.28. The van der Waals surface area contributed by atoms with Crippen molar-refractivity contribution in [2.75, 3.05) is 0 Å². The van der Waals surface area contributed by atoms with Crippen LogP contribution in [0.1, 0.15) is 58.8 Å². The van der Waals surface area contributed by atoms with Gasteiger partial charge in [-0.15, -0.1) is 0 Å². The van der Waals surface area contributed by atoms with Gasteiger partial charge < -0.3 is 5.11 Å². The summed E-state index contributed by atoms with van der Waals surface area (Å²) in [6, 6.07) is 0. The molecule has 2 aliphatic heterocycles. The van der Waals surface area contributed by atoms with Gasteiger partial charge in [-0.2, -0.15) is 0 Å². The lowest BCUT2D eigenvalue weighted by atomic mass is 9.87. The van der Waals surface area contributed by atoms with Crippen molar-refractivity contribution in [3.05, 3.63) is 0 Å². The fourth-order valence-corrected chi connectivity index (χ4v) is 5.94. The summed E-state index contributed by atoms with van der Waals surface area (Å²) in [6.07, 6.45) is 5.37. The second-order valence-corrected chi connectivity index (χ2v) is 8.84. The van der Waals surface area contributed by atoms with E-state index in [1.165, 1.54) is 0 Å². The summed E-state index contributed by atoms with van der Waals surface area (Å²) in [5.41, 5.74) is -0.702. The maximum absolute atomic E-state index is 11.9. The second-order valence-electron chi connectivity index (χ2n) is 6.33. The smallest absolute Gasteiger partial charge is 0.156 e. The van der Waals surface area contributed by atoms with Gasteiger partial charge in [0.15, 0.2) is 9.84 Å². The fourth-order valence-electron chi connectivity index (χ4n) is 3.38. The van der Waals surface area contributed by atoms with Crippen LogP contribution in [0.25, 0.3) is 0 Å². The number of aliphatic hydroxyl groups is 1. The van der Waals surface area contributed by atoms with E-state index in [1.54, 1.807) is 0 Å². The first-order valence-corrected chi connectivity index (χ1v) is 8.39. The molecule has 2 rings (SSSR count). The van der Waals surface area contributed by atoms with E-state index < -0.39 is 15.4 Å². The molecule has 2 bridgehead atoms. The number of hydrogen-bond acceptors (Lipinski definition) is 3. The Bertz CT molecular complexity index is 352. The van der Waals surface area contributed by atoms with Gasteiger partial charge in [-0.05, 0) is 38.0 Å². The van der Waals surface area contributed by atoms with Crippen molar-refractivity contribution in [3.63, 3.8) is 0 Å². The van der Waals surface area contributed by atoms with E-state index in [2.05, 4.69) is 13.8 Å². The molecule has 100 valence electrons. The first-order chi connectivity index (χ1) is 7.83. The first kappa shape index (κ1) is 13.3. The maximum atomic E-state index is 11.9. The van der Waals surface area contributed by atoms with E-state index in [0.29, 0.717) is 18.8 Å². The van der Waals surface area contributed by atoms with E-state index in [4.69, 9.17) is 0 Å². The number of hydrogen-bond donors (Lipinski definition) is 1. The molecule has 2 fully saturated rings. The van der Waals surface area contributed by atoms with Crippen LogP contribution in [0.15, 0.2) is 0 Å². The van der Waals surface area contributed by atoms with E-state index >= 15 is 0 Å². The zero-order valence-corrected chi connectivity index (χ0v) is 11.7. The number of sulfone groups is 1. The van der Waals surface area contributed by atoms with Crippen molar-refractivity contribution in [3.8, 4) is 0 Å². The fraction of sp³-hybridized carbons (Fsp3) is 1.00. The highest BCUT2D eigenvalue weighted by atomic mass is 32.2. The van der Waals surface area contributed by atoms with Gasteiger partial charge in [0.25, 0.3) is 0 Å². The summed E-state index contributed by atoms with van der Waals surface area (Å²) in [5.74, 6) is 0.655. The standard InChI is InChI=1S/C13H24O3S/c1-10(2)4-3-7-13(14)8-11-5-6-12(9-13)17(11,15)16/h10-12,14H,3-9H2,1-2H3. The van der Waals surface area contributed by atoms with Crippen LogP contribution >= 0.6 is 0 Å². The Kier molecular flexibility index (Phi) is 3.56. The lowest BCUT2D eigenvalue weighted by Crippen LogP contribution is -2.44. The van der Waals surface area contributed by atoms with Crippen molar-refractivity contribution < 1.29 is 13.5 Å². The molecule has 0 radical (unpaired) electrons. The van der Waals surface area contributed by atoms with Gasteiger partial charge in [-0.3, -0.25) is 0 Å². The van der Waals surface area contributed by atoms with Crippen LogP contribution < -0.4 is 0 Å². The minimum absolute atomic E-state index is 0.259. The largest absolute Gasteiger partial charge is 0.390 e. The lowest BCUT2D eigenvalue weighted by Gasteiger charge is -2.36. The van der Waals surface area contributed by atoms with Crippen LogP contribution in [0.5, 0.6) is 0 Å². The van der Waals surface area contributed by atoms with Crippen molar-refractivity contribution >= 4 is 9.84 Å². The van der Waals surface area contributed by atoms with Gasteiger partial charge in [0, 0.05) is 0 Å². The quantitative estimate of drug-likeness (QED) is 0.843. The minimum Gasteiger partial charge on any atom is -0.390 e. The molecule has 2 heterocycles. The van der Waals surface area contributed by atoms with Gasteiger partial charge in [0.2, 0.25) is 0 Å². The minimum atomic E-state index is -2.90. The van der Waals surface area contributed by atoms with Gasteiger partial charge >= 0.3 is 0 Å². The summed E-state index contributed by atoms with van der Waals surface area (Å²) in [5, 5.41) is 10.0. The van der Waals surface area contributed by atoms with Crippen molar-refractivity contribution in [2.45, 2.75) is 74.9 Å². The van der Waals surface area contributed by atoms with Crippen molar-refractivity contribution in [1.82, 2.24) is 0 Å². The molecular weight excluding hydrogens is 236 g/mol. The first-order valence-electron chi connectivity index (χ1n) is 6.78. The van der Waals surface area contributed by atoms with Crippen LogP contribution in [-0.2, 0) is 9.84 Å². The van der Waals surface area contributed by atoms with Crippen LogP contribution in [0.2, 0.25) is 0 Å². The van der Waals surface area contributed by atoms with Gasteiger partial charge in [-0.1, -0.05) is 26.7 Å². The van der Waals surface area contributed by atoms with Gasteiger partial charge in [0.1, 0.15) is 0 Å². The van der Waals surface area contributed by atoms with Crippen molar-refractivity contribution in [1.29, 1.82) is 0 Å². The molecule has 0 amide bonds. The number of rotatable bonds is 4. The summed E-state index contributed by atoms with van der Waals surface area (Å²) >= 11 is 0. The molecule has 1 N–H and O–H groups in total. The summed E-state index contributed by atoms with van der Waals surface area (Å²) in [7, 11) is -2.90. The summed E-state index contributed by atoms with van der Waals surface area (Å²) < 4.78 is 23.9. The van der Waals surface area contributed by atoms with Crippen LogP contribution in [0.3, 0.4) is 0 Å². The van der Waals surface area contributed by atoms with Gasteiger partial charge in [-0.25, -0.2) is 8.42 Å². The molecule has 2 atom stereocenters. The molecule has 0 aromatic carbocycles. The zero-order valence-electron chi connectivity index (χ0n) is 10.9. The van der Waals surface area contributed by atoms with Crippen LogP contribution in [0.4, 0.5) is 0 Å². The van der Waals surface area contributed by atoms with E-state index in [1.807, 2.05) is 0 Å². The Hall–Kier alpha value is -0.0900. The molecule has 17 heavy (non-hydrogen) atoms. The molecule has 2 saturated heterocycles. The SMILES string of the molecule is CC(C)CCCC1(O)CC2CCC(C1)S2(=O)=O. The maximum Gasteiger partial charge on any atom is 0.156 e. The predicted molar refractivity (Wildman–Crippen MR) is 68.6 cm³/mol. The van der Waals surface area contributed by atoms with Crippen LogP contribution in [0, 0.1) is 5.92 Å². The molecular formula is C13H24O3S. The topological polar surface area (TPSA) is 54.4 Å². The number of fused-ring (bicyclic) bond motifs is 2. The van der Waals surface area contributed by atoms with E-state index in [-0.39, 0.29) is 10.5 Å². The molecule has 4 heteroatoms. The normalized spacial score (nSPS) is 39.8. The second kappa shape index (κ2) is 4.54. The van der Waals surface area contributed by atoms with Crippen molar-refractivity contribution in [2.24, 2.45) is 5.92 Å². The molecule has 0 aromatic heterocycles. The third kappa shape index (κ3) is 2.68. The molecule has 0 aromatic rings. The molecule has 0 aliphatic carbocycles. The molecule has 3 nitrogen and oxygen atoms in total. The van der Waals surface area contributed by atoms with Crippen LogP contribution in [-0.4, -0.2) is 29.6 Å². The Morgan fingerprint density at radius 1 is 1.24 bits per heavy atom. The Morgan fingerprint density at radius 2 is 1.76 bits per heavy atom. The monoisotopic (exact) mass is 260 g/mol. The highest BCUT2D eigenvalue weighted by Gasteiger charge is 2.52. The molecule has 0 spiro atoms. The molecule has 0 saturated carbocycles. The summed E-state index contributed by atoms with van der Waals surface area (Å²) in [6.45, 7) is 4.36. The Balaban J connectivity index is 1.96. The third-order valence-corrected chi connectivity index (χ3v) is 7.04.